The van der Waals surface area contributed by atoms with Gasteiger partial charge in [-0.05, 0) is 41.1 Å². The molecule has 0 aliphatic rings. The van der Waals surface area contributed by atoms with Crippen LogP contribution in [0.4, 0.5) is 0 Å². The number of halogens is 1. The van der Waals surface area contributed by atoms with Crippen LogP contribution in [0.1, 0.15) is 17.3 Å². The van der Waals surface area contributed by atoms with Gasteiger partial charge in [0.15, 0.2) is 0 Å². The van der Waals surface area contributed by atoms with Gasteiger partial charge in [0.1, 0.15) is 0 Å². The van der Waals surface area contributed by atoms with Crippen molar-refractivity contribution in [1.29, 1.82) is 0 Å². The highest BCUT2D eigenvalue weighted by molar-refractivity contribution is 9.10. The van der Waals surface area contributed by atoms with Crippen molar-refractivity contribution in [3.63, 3.8) is 0 Å². The van der Waals surface area contributed by atoms with Gasteiger partial charge in [0.25, 0.3) is 0 Å². The number of aliphatic hydroxyl groups is 1. The maximum Gasteiger partial charge on any atom is 0.335 e. The molecule has 1 atom stereocenters. The van der Waals surface area contributed by atoms with Gasteiger partial charge < -0.3 is 10.2 Å². The van der Waals surface area contributed by atoms with E-state index in [1.807, 2.05) is 0 Å². The van der Waals surface area contributed by atoms with Crippen molar-refractivity contribution < 1.29 is 23.4 Å². The van der Waals surface area contributed by atoms with Crippen LogP contribution in [0.15, 0.2) is 27.6 Å². The molecule has 1 unspecified atom stereocenters. The van der Waals surface area contributed by atoms with E-state index in [0.29, 0.717) is 0 Å². The quantitative estimate of drug-likeness (QED) is 0.737. The van der Waals surface area contributed by atoms with E-state index < -0.39 is 22.1 Å². The monoisotopic (exact) mass is 337 g/mol. The number of hydrogen-bond donors (Lipinski definition) is 3. The van der Waals surface area contributed by atoms with Crippen molar-refractivity contribution in [2.24, 2.45) is 0 Å². The first-order valence-corrected chi connectivity index (χ1v) is 7.22. The Morgan fingerprint density at radius 3 is 2.56 bits per heavy atom. The molecule has 0 saturated carbocycles. The average Bonchev–Trinajstić information content (AvgIpc) is 2.26. The summed E-state index contributed by atoms with van der Waals surface area (Å²) < 4.78 is 26.0. The highest BCUT2D eigenvalue weighted by Crippen LogP contribution is 2.23. The zero-order valence-corrected chi connectivity index (χ0v) is 11.8. The van der Waals surface area contributed by atoms with Crippen molar-refractivity contribution in [1.82, 2.24) is 4.72 Å². The molecule has 100 valence electrons. The fourth-order valence-corrected chi connectivity index (χ4v) is 3.36. The van der Waals surface area contributed by atoms with E-state index in [0.717, 1.165) is 0 Å². The zero-order chi connectivity index (χ0) is 13.9. The Morgan fingerprint density at radius 1 is 1.50 bits per heavy atom. The Labute approximate surface area is 113 Å². The summed E-state index contributed by atoms with van der Waals surface area (Å²) in [6.07, 6.45) is -0.808. The first-order chi connectivity index (χ1) is 8.24. The molecular formula is C10H12BrNO5S. The van der Waals surface area contributed by atoms with E-state index in [4.69, 9.17) is 10.2 Å². The first kappa shape index (κ1) is 15.1. The molecular weight excluding hydrogens is 326 g/mol. The summed E-state index contributed by atoms with van der Waals surface area (Å²) in [5.74, 6) is -1.14. The van der Waals surface area contributed by atoms with E-state index in [1.54, 1.807) is 0 Å². The number of carboxylic acid groups (broad SMARTS) is 1. The van der Waals surface area contributed by atoms with Gasteiger partial charge in [-0.2, -0.15) is 0 Å². The predicted octanol–water partition coefficient (Wildman–Crippen LogP) is 0.806. The summed E-state index contributed by atoms with van der Waals surface area (Å²) in [4.78, 5) is 10.6. The van der Waals surface area contributed by atoms with Crippen molar-refractivity contribution in [3.05, 3.63) is 28.2 Å². The van der Waals surface area contributed by atoms with Crippen molar-refractivity contribution in [3.8, 4) is 0 Å². The van der Waals surface area contributed by atoms with Gasteiger partial charge in [-0.3, -0.25) is 0 Å². The highest BCUT2D eigenvalue weighted by atomic mass is 79.9. The van der Waals surface area contributed by atoms with Crippen LogP contribution in [0.25, 0.3) is 0 Å². The Hall–Kier alpha value is -0.960. The van der Waals surface area contributed by atoms with Crippen molar-refractivity contribution in [2.45, 2.75) is 17.9 Å². The third kappa shape index (κ3) is 3.77. The molecule has 0 fully saturated rings. The second kappa shape index (κ2) is 5.79. The van der Waals surface area contributed by atoms with Crippen molar-refractivity contribution >= 4 is 31.9 Å². The topological polar surface area (TPSA) is 104 Å². The van der Waals surface area contributed by atoms with Gasteiger partial charge in [0.2, 0.25) is 10.0 Å². The third-order valence-corrected chi connectivity index (χ3v) is 4.44. The first-order valence-electron chi connectivity index (χ1n) is 4.94. The van der Waals surface area contributed by atoms with E-state index in [-0.39, 0.29) is 21.5 Å². The average molecular weight is 338 g/mol. The molecule has 6 nitrogen and oxygen atoms in total. The predicted molar refractivity (Wildman–Crippen MR) is 68.0 cm³/mol. The number of benzene rings is 1. The molecule has 0 aromatic heterocycles. The van der Waals surface area contributed by atoms with Gasteiger partial charge in [-0.1, -0.05) is 0 Å². The number of aromatic carboxylic acids is 1. The van der Waals surface area contributed by atoms with Gasteiger partial charge in [0, 0.05) is 11.0 Å². The number of carbonyl (C=O) groups is 1. The van der Waals surface area contributed by atoms with Gasteiger partial charge in [0.05, 0.1) is 16.6 Å². The fraction of sp³-hybridized carbons (Fsp3) is 0.300. The second-order valence-electron chi connectivity index (χ2n) is 3.65. The Kier molecular flexibility index (Phi) is 4.85. The molecule has 0 radical (unpaired) electrons. The molecule has 0 heterocycles. The number of carboxylic acids is 1. The summed E-state index contributed by atoms with van der Waals surface area (Å²) in [6.45, 7) is 1.33. The molecule has 0 bridgehead atoms. The van der Waals surface area contributed by atoms with Crippen LogP contribution in [0.3, 0.4) is 0 Å². The van der Waals surface area contributed by atoms with Crippen LogP contribution in [-0.4, -0.2) is 37.2 Å². The standard InChI is InChI=1S/C10H12BrNO5S/c1-6(13)5-12-18(16,17)9-3-2-7(10(14)15)4-8(9)11/h2-4,6,12-13H,5H2,1H3,(H,14,15). The maximum atomic E-state index is 11.8. The number of rotatable bonds is 5. The van der Waals surface area contributed by atoms with Crippen LogP contribution in [0.5, 0.6) is 0 Å². The minimum Gasteiger partial charge on any atom is -0.478 e. The second-order valence-corrected chi connectivity index (χ2v) is 6.24. The molecule has 0 aliphatic carbocycles. The molecule has 0 aliphatic heterocycles. The molecule has 3 N–H and O–H groups in total. The lowest BCUT2D eigenvalue weighted by atomic mass is 10.2. The number of hydrogen-bond acceptors (Lipinski definition) is 4. The van der Waals surface area contributed by atoms with E-state index in [9.17, 15) is 13.2 Å². The van der Waals surface area contributed by atoms with Gasteiger partial charge >= 0.3 is 5.97 Å². The summed E-state index contributed by atoms with van der Waals surface area (Å²) in [6, 6.07) is 3.60. The van der Waals surface area contributed by atoms with E-state index in [1.165, 1.54) is 25.1 Å². The van der Waals surface area contributed by atoms with Crippen LogP contribution in [0, 0.1) is 0 Å². The van der Waals surface area contributed by atoms with E-state index in [2.05, 4.69) is 20.7 Å². The van der Waals surface area contributed by atoms with Crippen LogP contribution >= 0.6 is 15.9 Å². The van der Waals surface area contributed by atoms with E-state index >= 15 is 0 Å². The van der Waals surface area contributed by atoms with Crippen molar-refractivity contribution in [2.75, 3.05) is 6.54 Å². The minimum absolute atomic E-state index is 0.0173. The SMILES string of the molecule is CC(O)CNS(=O)(=O)c1ccc(C(=O)O)cc1Br. The lowest BCUT2D eigenvalue weighted by Gasteiger charge is -2.10. The maximum absolute atomic E-state index is 11.8. The molecule has 0 spiro atoms. The van der Waals surface area contributed by atoms with Gasteiger partial charge in [-0.25, -0.2) is 17.9 Å². The van der Waals surface area contributed by atoms with Gasteiger partial charge in [-0.15, -0.1) is 0 Å². The molecule has 0 amide bonds. The minimum atomic E-state index is -3.78. The lowest BCUT2D eigenvalue weighted by Crippen LogP contribution is -2.30. The fourth-order valence-electron chi connectivity index (χ4n) is 1.16. The Balaban J connectivity index is 3.06. The summed E-state index contributed by atoms with van der Waals surface area (Å²) in [5.41, 5.74) is -0.0173. The zero-order valence-electron chi connectivity index (χ0n) is 9.42. The lowest BCUT2D eigenvalue weighted by molar-refractivity contribution is 0.0696. The molecule has 0 saturated heterocycles. The number of aliphatic hydroxyl groups excluding tert-OH is 1. The number of nitrogens with one attached hydrogen (secondary N) is 1. The Bertz CT molecular complexity index is 555. The normalized spacial score (nSPS) is 13.3. The Morgan fingerprint density at radius 2 is 2.11 bits per heavy atom. The molecule has 1 rings (SSSR count). The summed E-state index contributed by atoms with van der Waals surface area (Å²) in [5, 5.41) is 17.8. The highest BCUT2D eigenvalue weighted by Gasteiger charge is 2.19. The molecule has 1 aromatic rings. The molecule has 18 heavy (non-hydrogen) atoms. The van der Waals surface area contributed by atoms with Crippen LogP contribution in [-0.2, 0) is 10.0 Å². The smallest absolute Gasteiger partial charge is 0.335 e. The van der Waals surface area contributed by atoms with Crippen LogP contribution < -0.4 is 4.72 Å². The summed E-state index contributed by atoms with van der Waals surface area (Å²) in [7, 11) is -3.78. The largest absolute Gasteiger partial charge is 0.478 e. The number of sulfonamides is 1. The third-order valence-electron chi connectivity index (χ3n) is 2.04. The molecule has 1 aromatic carbocycles. The molecule has 8 heteroatoms. The van der Waals surface area contributed by atoms with Crippen LogP contribution in [0.2, 0.25) is 0 Å². The summed E-state index contributed by atoms with van der Waals surface area (Å²) >= 11 is 3.01.